The molecule has 1 heterocycles. The van der Waals surface area contributed by atoms with E-state index in [1.807, 2.05) is 55.7 Å². The van der Waals surface area contributed by atoms with Gasteiger partial charge in [-0.05, 0) is 39.0 Å². The van der Waals surface area contributed by atoms with Crippen molar-refractivity contribution >= 4 is 5.97 Å². The van der Waals surface area contributed by atoms with Gasteiger partial charge in [0.2, 0.25) is 0 Å². The number of ether oxygens (including phenoxy) is 2. The van der Waals surface area contributed by atoms with Crippen LogP contribution in [0.5, 0.6) is 5.75 Å². The molecule has 0 amide bonds. The summed E-state index contributed by atoms with van der Waals surface area (Å²) in [5.41, 5.74) is 3.33. The average Bonchev–Trinajstić information content (AvgIpc) is 2.74. The van der Waals surface area contributed by atoms with E-state index in [9.17, 15) is 4.79 Å². The fourth-order valence-corrected chi connectivity index (χ4v) is 2.37. The summed E-state index contributed by atoms with van der Waals surface area (Å²) >= 11 is 0. The Morgan fingerprint density at radius 1 is 1.25 bits per heavy atom. The van der Waals surface area contributed by atoms with Gasteiger partial charge in [-0.15, -0.1) is 0 Å². The number of para-hydroxylation sites is 2. The van der Waals surface area contributed by atoms with E-state index in [4.69, 9.17) is 9.47 Å². The van der Waals surface area contributed by atoms with Gasteiger partial charge >= 0.3 is 5.97 Å². The highest BCUT2D eigenvalue weighted by atomic mass is 16.5. The molecule has 0 N–H and O–H groups in total. The smallest absolute Gasteiger partial charge is 0.339 e. The van der Waals surface area contributed by atoms with Gasteiger partial charge in [-0.2, -0.15) is 0 Å². The Hall–Kier alpha value is -2.23. The Morgan fingerprint density at radius 2 is 1.95 bits per heavy atom. The first-order chi connectivity index (χ1) is 9.60. The number of aromatic nitrogens is 1. The van der Waals surface area contributed by atoms with Crippen LogP contribution in [0.15, 0.2) is 30.3 Å². The fourth-order valence-electron chi connectivity index (χ4n) is 2.37. The molecule has 2 aromatic rings. The summed E-state index contributed by atoms with van der Waals surface area (Å²) in [5, 5.41) is 0. The Bertz CT molecular complexity index is 629. The summed E-state index contributed by atoms with van der Waals surface area (Å²) in [5.74, 6) is 0.478. The summed E-state index contributed by atoms with van der Waals surface area (Å²) in [7, 11) is 1.39. The number of methoxy groups -OCH3 is 1. The first kappa shape index (κ1) is 14.2. The number of carbonyl (C=O) groups is 1. The molecule has 0 fully saturated rings. The lowest BCUT2D eigenvalue weighted by molar-refractivity contribution is 0.0600. The molecule has 0 aliphatic rings. The van der Waals surface area contributed by atoms with Crippen LogP contribution in [-0.2, 0) is 4.74 Å². The monoisotopic (exact) mass is 273 g/mol. The zero-order valence-corrected chi connectivity index (χ0v) is 12.3. The van der Waals surface area contributed by atoms with Crippen molar-refractivity contribution in [3.05, 3.63) is 47.3 Å². The van der Waals surface area contributed by atoms with Crippen molar-refractivity contribution in [1.29, 1.82) is 0 Å². The number of carbonyl (C=O) groups excluding carboxylic acids is 1. The van der Waals surface area contributed by atoms with E-state index in [2.05, 4.69) is 0 Å². The molecule has 1 aromatic carbocycles. The molecular weight excluding hydrogens is 254 g/mol. The molecule has 4 nitrogen and oxygen atoms in total. The number of hydrogen-bond acceptors (Lipinski definition) is 3. The minimum atomic E-state index is -0.321. The minimum Gasteiger partial charge on any atom is -0.492 e. The van der Waals surface area contributed by atoms with Crippen molar-refractivity contribution in [2.75, 3.05) is 13.7 Å². The molecule has 0 saturated carbocycles. The van der Waals surface area contributed by atoms with Gasteiger partial charge < -0.3 is 14.0 Å². The van der Waals surface area contributed by atoms with Crippen molar-refractivity contribution in [2.24, 2.45) is 0 Å². The molecule has 0 radical (unpaired) electrons. The van der Waals surface area contributed by atoms with Gasteiger partial charge in [-0.3, -0.25) is 0 Å². The molecule has 0 saturated heterocycles. The van der Waals surface area contributed by atoms with Crippen molar-refractivity contribution in [3.8, 4) is 11.4 Å². The average molecular weight is 273 g/mol. The van der Waals surface area contributed by atoms with Crippen LogP contribution in [-0.4, -0.2) is 24.3 Å². The Labute approximate surface area is 118 Å². The maximum atomic E-state index is 11.8. The zero-order chi connectivity index (χ0) is 14.7. The summed E-state index contributed by atoms with van der Waals surface area (Å²) in [4.78, 5) is 11.8. The van der Waals surface area contributed by atoms with Crippen molar-refractivity contribution in [3.63, 3.8) is 0 Å². The van der Waals surface area contributed by atoms with Crippen LogP contribution in [0.25, 0.3) is 5.69 Å². The van der Waals surface area contributed by atoms with Crippen LogP contribution in [0.4, 0.5) is 0 Å². The number of hydrogen-bond donors (Lipinski definition) is 0. The SMILES string of the molecule is CCOc1ccccc1-n1c(C)cc(C(=O)OC)c1C. The molecule has 0 atom stereocenters. The van der Waals surface area contributed by atoms with Crippen molar-refractivity contribution < 1.29 is 14.3 Å². The lowest BCUT2D eigenvalue weighted by atomic mass is 10.2. The van der Waals surface area contributed by atoms with Gasteiger partial charge in [-0.1, -0.05) is 12.1 Å². The predicted molar refractivity (Wildman–Crippen MR) is 77.8 cm³/mol. The Balaban J connectivity index is 2.59. The van der Waals surface area contributed by atoms with Gasteiger partial charge in [0, 0.05) is 11.4 Å². The van der Waals surface area contributed by atoms with Crippen LogP contribution in [0.1, 0.15) is 28.7 Å². The number of nitrogens with zero attached hydrogens (tertiary/aromatic N) is 1. The van der Waals surface area contributed by atoms with Gasteiger partial charge in [0.1, 0.15) is 5.75 Å². The second-order valence-corrected chi connectivity index (χ2v) is 4.51. The van der Waals surface area contributed by atoms with Crippen molar-refractivity contribution in [1.82, 2.24) is 4.57 Å². The second-order valence-electron chi connectivity index (χ2n) is 4.51. The third kappa shape index (κ3) is 2.41. The third-order valence-electron chi connectivity index (χ3n) is 3.24. The van der Waals surface area contributed by atoms with E-state index < -0.39 is 0 Å². The largest absolute Gasteiger partial charge is 0.492 e. The molecule has 0 aliphatic carbocycles. The fraction of sp³-hybridized carbons (Fsp3) is 0.312. The topological polar surface area (TPSA) is 40.5 Å². The van der Waals surface area contributed by atoms with E-state index in [0.717, 1.165) is 22.8 Å². The number of rotatable bonds is 4. The lowest BCUT2D eigenvalue weighted by Crippen LogP contribution is -2.06. The van der Waals surface area contributed by atoms with E-state index in [1.54, 1.807) is 0 Å². The molecule has 0 bridgehead atoms. The van der Waals surface area contributed by atoms with E-state index in [1.165, 1.54) is 7.11 Å². The summed E-state index contributed by atoms with van der Waals surface area (Å²) in [6.45, 7) is 6.41. The number of aryl methyl sites for hydroxylation is 1. The predicted octanol–water partition coefficient (Wildman–Crippen LogP) is 3.28. The third-order valence-corrected chi connectivity index (χ3v) is 3.24. The molecule has 2 rings (SSSR count). The molecule has 4 heteroatoms. The Kier molecular flexibility index (Phi) is 4.13. The van der Waals surface area contributed by atoms with Gasteiger partial charge in [0.05, 0.1) is 25.0 Å². The highest BCUT2D eigenvalue weighted by molar-refractivity contribution is 5.91. The van der Waals surface area contributed by atoms with Crippen LogP contribution < -0.4 is 4.74 Å². The quantitative estimate of drug-likeness (QED) is 0.803. The minimum absolute atomic E-state index is 0.321. The second kappa shape index (κ2) is 5.82. The van der Waals surface area contributed by atoms with Crippen LogP contribution in [0.2, 0.25) is 0 Å². The molecule has 106 valence electrons. The maximum absolute atomic E-state index is 11.8. The normalized spacial score (nSPS) is 10.4. The van der Waals surface area contributed by atoms with Crippen LogP contribution >= 0.6 is 0 Å². The standard InChI is InChI=1S/C16H19NO3/c1-5-20-15-9-7-6-8-14(15)17-11(2)10-13(12(17)3)16(18)19-4/h6-10H,5H2,1-4H3. The van der Waals surface area contributed by atoms with E-state index in [0.29, 0.717) is 12.2 Å². The molecule has 0 aliphatic heterocycles. The Morgan fingerprint density at radius 3 is 2.60 bits per heavy atom. The van der Waals surface area contributed by atoms with Crippen LogP contribution in [0.3, 0.4) is 0 Å². The summed E-state index contributed by atoms with van der Waals surface area (Å²) < 4.78 is 12.5. The first-order valence-corrected chi connectivity index (χ1v) is 6.59. The summed E-state index contributed by atoms with van der Waals surface area (Å²) in [6.07, 6.45) is 0. The molecular formula is C16H19NO3. The van der Waals surface area contributed by atoms with Gasteiger partial charge in [0.15, 0.2) is 0 Å². The van der Waals surface area contributed by atoms with E-state index in [-0.39, 0.29) is 5.97 Å². The highest BCUT2D eigenvalue weighted by Crippen LogP contribution is 2.28. The molecule has 0 spiro atoms. The highest BCUT2D eigenvalue weighted by Gasteiger charge is 2.18. The lowest BCUT2D eigenvalue weighted by Gasteiger charge is -2.14. The van der Waals surface area contributed by atoms with Gasteiger partial charge in [-0.25, -0.2) is 4.79 Å². The zero-order valence-electron chi connectivity index (χ0n) is 12.3. The maximum Gasteiger partial charge on any atom is 0.339 e. The molecule has 0 unspecified atom stereocenters. The van der Waals surface area contributed by atoms with Crippen molar-refractivity contribution in [2.45, 2.75) is 20.8 Å². The molecule has 1 aromatic heterocycles. The van der Waals surface area contributed by atoms with Gasteiger partial charge in [0.25, 0.3) is 0 Å². The number of benzene rings is 1. The van der Waals surface area contributed by atoms with Crippen LogP contribution in [0, 0.1) is 13.8 Å². The van der Waals surface area contributed by atoms with E-state index >= 15 is 0 Å². The number of esters is 1. The molecule has 20 heavy (non-hydrogen) atoms. The summed E-state index contributed by atoms with van der Waals surface area (Å²) in [6, 6.07) is 9.63. The first-order valence-electron chi connectivity index (χ1n) is 6.59.